The minimum absolute atomic E-state index is 0.0635. The van der Waals surface area contributed by atoms with Gasteiger partial charge in [-0.3, -0.25) is 0 Å². The largest absolute Gasteiger partial charge is 0.477 e. The second-order valence-electron chi connectivity index (χ2n) is 4.57. The number of aromatic carboxylic acids is 1. The zero-order valence-electron chi connectivity index (χ0n) is 9.80. The summed E-state index contributed by atoms with van der Waals surface area (Å²) in [6.07, 6.45) is 5.67. The van der Waals surface area contributed by atoms with Crippen molar-refractivity contribution in [2.45, 2.75) is 38.7 Å². The Hall–Kier alpha value is -1.65. The maximum Gasteiger partial charge on any atom is 0.341 e. The van der Waals surface area contributed by atoms with Crippen LogP contribution in [0.4, 0.5) is 0 Å². The Bertz CT molecular complexity index is 408. The smallest absolute Gasteiger partial charge is 0.341 e. The van der Waals surface area contributed by atoms with Crippen LogP contribution < -0.4 is 4.74 Å². The van der Waals surface area contributed by atoms with Crippen molar-refractivity contribution in [1.29, 1.82) is 0 Å². The standard InChI is InChI=1S/C12H16N2O3/c1-8-3-2-4-9(7-8)17-11-10(12(15)16)5-6-13-14-11/h5-6,8-9H,2-4,7H2,1H3,(H,15,16). The summed E-state index contributed by atoms with van der Waals surface area (Å²) in [5.74, 6) is -0.267. The van der Waals surface area contributed by atoms with Crippen LogP contribution in [0.1, 0.15) is 43.0 Å². The van der Waals surface area contributed by atoms with Gasteiger partial charge >= 0.3 is 5.97 Å². The molecule has 0 aromatic carbocycles. The summed E-state index contributed by atoms with van der Waals surface area (Å²) in [4.78, 5) is 11.0. The first-order valence-electron chi connectivity index (χ1n) is 5.88. The number of carboxylic acids is 1. The summed E-state index contributed by atoms with van der Waals surface area (Å²) >= 11 is 0. The van der Waals surface area contributed by atoms with Crippen molar-refractivity contribution in [2.24, 2.45) is 5.92 Å². The van der Waals surface area contributed by atoms with Gasteiger partial charge in [0, 0.05) is 0 Å². The molecule has 2 unspecified atom stereocenters. The van der Waals surface area contributed by atoms with E-state index in [1.54, 1.807) is 0 Å². The SMILES string of the molecule is CC1CCCC(Oc2nnccc2C(=O)O)C1. The van der Waals surface area contributed by atoms with Gasteiger partial charge in [-0.25, -0.2) is 4.79 Å². The molecular formula is C12H16N2O3. The highest BCUT2D eigenvalue weighted by Gasteiger charge is 2.23. The maximum absolute atomic E-state index is 11.0. The molecule has 1 aliphatic rings. The van der Waals surface area contributed by atoms with Crippen LogP contribution in [0, 0.1) is 5.92 Å². The molecule has 0 saturated heterocycles. The molecule has 92 valence electrons. The predicted octanol–water partition coefficient (Wildman–Crippen LogP) is 2.13. The molecule has 1 N–H and O–H groups in total. The molecule has 0 aliphatic heterocycles. The van der Waals surface area contributed by atoms with Crippen LogP contribution in [0.25, 0.3) is 0 Å². The Morgan fingerprint density at radius 2 is 2.35 bits per heavy atom. The third kappa shape index (κ3) is 2.93. The van der Waals surface area contributed by atoms with E-state index in [0.29, 0.717) is 5.92 Å². The molecule has 5 heteroatoms. The van der Waals surface area contributed by atoms with E-state index in [0.717, 1.165) is 19.3 Å². The summed E-state index contributed by atoms with van der Waals surface area (Å²) in [5, 5.41) is 16.4. The summed E-state index contributed by atoms with van der Waals surface area (Å²) < 4.78 is 5.66. The lowest BCUT2D eigenvalue weighted by atomic mass is 9.89. The Morgan fingerprint density at radius 3 is 3.06 bits per heavy atom. The van der Waals surface area contributed by atoms with E-state index in [9.17, 15) is 4.79 Å². The fourth-order valence-corrected chi connectivity index (χ4v) is 2.21. The summed E-state index contributed by atoms with van der Waals surface area (Å²) in [7, 11) is 0. The molecule has 0 spiro atoms. The number of ether oxygens (including phenoxy) is 1. The third-order valence-electron chi connectivity index (χ3n) is 3.08. The van der Waals surface area contributed by atoms with Gasteiger partial charge in [-0.05, 0) is 31.2 Å². The van der Waals surface area contributed by atoms with Gasteiger partial charge in [0.15, 0.2) is 0 Å². The van der Waals surface area contributed by atoms with Crippen LogP contribution in [0.5, 0.6) is 5.88 Å². The molecule has 5 nitrogen and oxygen atoms in total. The number of aromatic nitrogens is 2. The first-order valence-corrected chi connectivity index (χ1v) is 5.88. The first kappa shape index (κ1) is 11.8. The molecule has 1 heterocycles. The summed E-state index contributed by atoms with van der Waals surface area (Å²) in [5.41, 5.74) is 0.0817. The molecule has 0 radical (unpaired) electrons. The van der Waals surface area contributed by atoms with E-state index in [-0.39, 0.29) is 17.5 Å². The lowest BCUT2D eigenvalue weighted by molar-refractivity contribution is 0.0679. The van der Waals surface area contributed by atoms with Gasteiger partial charge in [-0.1, -0.05) is 13.3 Å². The Kier molecular flexibility index (Phi) is 3.56. The van der Waals surface area contributed by atoms with Crippen LogP contribution >= 0.6 is 0 Å². The van der Waals surface area contributed by atoms with Gasteiger partial charge in [0.05, 0.1) is 6.20 Å². The van der Waals surface area contributed by atoms with Crippen molar-refractivity contribution >= 4 is 5.97 Å². The molecule has 17 heavy (non-hydrogen) atoms. The normalized spacial score (nSPS) is 24.3. The highest BCUT2D eigenvalue weighted by atomic mass is 16.5. The third-order valence-corrected chi connectivity index (χ3v) is 3.08. The Morgan fingerprint density at radius 1 is 1.53 bits per heavy atom. The number of hydrogen-bond acceptors (Lipinski definition) is 4. The quantitative estimate of drug-likeness (QED) is 0.870. The molecule has 2 atom stereocenters. The van der Waals surface area contributed by atoms with Crippen molar-refractivity contribution in [3.63, 3.8) is 0 Å². The first-order chi connectivity index (χ1) is 8.16. The van der Waals surface area contributed by atoms with Crippen LogP contribution in [-0.4, -0.2) is 27.4 Å². The van der Waals surface area contributed by atoms with E-state index in [1.165, 1.54) is 18.7 Å². The van der Waals surface area contributed by atoms with E-state index < -0.39 is 5.97 Å². The van der Waals surface area contributed by atoms with Crippen LogP contribution in [0.3, 0.4) is 0 Å². The Balaban J connectivity index is 2.10. The predicted molar refractivity (Wildman–Crippen MR) is 61.0 cm³/mol. The monoisotopic (exact) mass is 236 g/mol. The molecular weight excluding hydrogens is 220 g/mol. The fourth-order valence-electron chi connectivity index (χ4n) is 2.21. The minimum atomic E-state index is -1.03. The molecule has 0 amide bonds. The maximum atomic E-state index is 11.0. The molecule has 0 bridgehead atoms. The highest BCUT2D eigenvalue weighted by Crippen LogP contribution is 2.27. The topological polar surface area (TPSA) is 72.3 Å². The van der Waals surface area contributed by atoms with E-state index in [2.05, 4.69) is 17.1 Å². The average molecular weight is 236 g/mol. The number of carboxylic acid groups (broad SMARTS) is 1. The van der Waals surface area contributed by atoms with Gasteiger partial charge in [-0.2, -0.15) is 5.10 Å². The van der Waals surface area contributed by atoms with Crippen molar-refractivity contribution < 1.29 is 14.6 Å². The summed E-state index contributed by atoms with van der Waals surface area (Å²) in [6, 6.07) is 1.41. The van der Waals surface area contributed by atoms with Crippen LogP contribution in [0.2, 0.25) is 0 Å². The fraction of sp³-hybridized carbons (Fsp3) is 0.583. The molecule has 1 saturated carbocycles. The number of rotatable bonds is 3. The highest BCUT2D eigenvalue weighted by molar-refractivity contribution is 5.89. The zero-order valence-corrected chi connectivity index (χ0v) is 9.80. The van der Waals surface area contributed by atoms with Gasteiger partial charge < -0.3 is 9.84 Å². The zero-order chi connectivity index (χ0) is 12.3. The molecule has 1 fully saturated rings. The van der Waals surface area contributed by atoms with Crippen LogP contribution in [0.15, 0.2) is 12.3 Å². The van der Waals surface area contributed by atoms with Crippen molar-refractivity contribution in [1.82, 2.24) is 10.2 Å². The minimum Gasteiger partial charge on any atom is -0.477 e. The van der Waals surface area contributed by atoms with Crippen molar-refractivity contribution in [3.05, 3.63) is 17.8 Å². The molecule has 1 aromatic rings. The van der Waals surface area contributed by atoms with E-state index >= 15 is 0 Å². The van der Waals surface area contributed by atoms with Gasteiger partial charge in [0.25, 0.3) is 0 Å². The molecule has 2 rings (SSSR count). The van der Waals surface area contributed by atoms with Gasteiger partial charge in [-0.15, -0.1) is 5.10 Å². The van der Waals surface area contributed by atoms with Crippen molar-refractivity contribution in [3.8, 4) is 5.88 Å². The molecule has 1 aliphatic carbocycles. The van der Waals surface area contributed by atoms with Gasteiger partial charge in [0.2, 0.25) is 5.88 Å². The van der Waals surface area contributed by atoms with E-state index in [1.807, 2.05) is 0 Å². The van der Waals surface area contributed by atoms with Gasteiger partial charge in [0.1, 0.15) is 11.7 Å². The van der Waals surface area contributed by atoms with E-state index in [4.69, 9.17) is 9.84 Å². The summed E-state index contributed by atoms with van der Waals surface area (Å²) in [6.45, 7) is 2.18. The number of hydrogen-bond donors (Lipinski definition) is 1. The molecule has 1 aromatic heterocycles. The van der Waals surface area contributed by atoms with Crippen LogP contribution in [-0.2, 0) is 0 Å². The lowest BCUT2D eigenvalue weighted by Gasteiger charge is -2.26. The average Bonchev–Trinajstić information content (AvgIpc) is 2.29. The second kappa shape index (κ2) is 5.12. The number of carbonyl (C=O) groups is 1. The Labute approximate surface area is 99.8 Å². The second-order valence-corrected chi connectivity index (χ2v) is 4.57. The van der Waals surface area contributed by atoms with Crippen molar-refractivity contribution in [2.75, 3.05) is 0 Å². The lowest BCUT2D eigenvalue weighted by Crippen LogP contribution is -2.25. The number of nitrogens with zero attached hydrogens (tertiary/aromatic N) is 2.